The number of aliphatic hydroxyl groups excluding tert-OH is 1. The zero-order valence-electron chi connectivity index (χ0n) is 10.4. The largest absolute Gasteiger partial charge is 0.481 e. The molecule has 100 valence electrons. The number of nitrogens with two attached hydrogens (primary N) is 1. The highest BCUT2D eigenvalue weighted by Crippen LogP contribution is 2.10. The molecule has 17 heavy (non-hydrogen) atoms. The lowest BCUT2D eigenvalue weighted by Crippen LogP contribution is -2.50. The summed E-state index contributed by atoms with van der Waals surface area (Å²) in [5.74, 6) is -1.51. The van der Waals surface area contributed by atoms with Crippen LogP contribution in [0.4, 0.5) is 0 Å². The van der Waals surface area contributed by atoms with Crippen LogP contribution in [0.2, 0.25) is 0 Å². The molecule has 0 fully saturated rings. The molecule has 0 bridgehead atoms. The van der Waals surface area contributed by atoms with E-state index < -0.39 is 17.9 Å². The van der Waals surface area contributed by atoms with Gasteiger partial charge in [-0.25, -0.2) is 0 Å². The fourth-order valence-corrected chi connectivity index (χ4v) is 1.80. The van der Waals surface area contributed by atoms with Crippen LogP contribution in [0.5, 0.6) is 0 Å². The minimum absolute atomic E-state index is 0.00510. The Bertz CT molecular complexity index is 254. The molecule has 0 saturated heterocycles. The summed E-state index contributed by atoms with van der Waals surface area (Å²) in [7, 11) is 0. The Labute approximate surface area is 101 Å². The van der Waals surface area contributed by atoms with Crippen molar-refractivity contribution >= 4 is 11.9 Å². The molecule has 0 radical (unpaired) electrons. The molecule has 0 saturated carbocycles. The van der Waals surface area contributed by atoms with Crippen molar-refractivity contribution in [1.29, 1.82) is 0 Å². The third kappa shape index (κ3) is 5.14. The fourth-order valence-electron chi connectivity index (χ4n) is 1.80. The Morgan fingerprint density at radius 3 is 2.18 bits per heavy atom. The minimum Gasteiger partial charge on any atom is -0.481 e. The second kappa shape index (κ2) is 8.03. The summed E-state index contributed by atoms with van der Waals surface area (Å²) >= 11 is 0. The Morgan fingerprint density at radius 1 is 1.29 bits per heavy atom. The number of nitrogens with zero attached hydrogens (tertiary/aromatic N) is 1. The monoisotopic (exact) mass is 246 g/mol. The van der Waals surface area contributed by atoms with Gasteiger partial charge in [0.25, 0.3) is 0 Å². The summed E-state index contributed by atoms with van der Waals surface area (Å²) in [6, 6.07) is -1.05. The number of hydrogen-bond acceptors (Lipinski definition) is 4. The lowest BCUT2D eigenvalue weighted by Gasteiger charge is -2.31. The molecule has 6 heteroatoms. The lowest BCUT2D eigenvalue weighted by atomic mass is 10.1. The molecule has 0 heterocycles. The van der Waals surface area contributed by atoms with E-state index >= 15 is 0 Å². The number of aliphatic carboxylic acids is 1. The molecule has 1 amide bonds. The van der Waals surface area contributed by atoms with Gasteiger partial charge in [-0.15, -0.1) is 0 Å². The summed E-state index contributed by atoms with van der Waals surface area (Å²) in [4.78, 5) is 23.9. The molecule has 1 atom stereocenters. The van der Waals surface area contributed by atoms with Gasteiger partial charge in [0.1, 0.15) is 0 Å². The first-order chi connectivity index (χ1) is 7.97. The molecule has 0 aromatic heterocycles. The maximum absolute atomic E-state index is 12.0. The summed E-state index contributed by atoms with van der Waals surface area (Å²) in [5.41, 5.74) is 5.54. The molecule has 6 nitrogen and oxygen atoms in total. The highest BCUT2D eigenvalue weighted by Gasteiger charge is 2.26. The van der Waals surface area contributed by atoms with Crippen LogP contribution >= 0.6 is 0 Å². The van der Waals surface area contributed by atoms with E-state index in [9.17, 15) is 9.59 Å². The molecule has 0 spiro atoms. The zero-order valence-corrected chi connectivity index (χ0v) is 10.4. The predicted molar refractivity (Wildman–Crippen MR) is 63.4 cm³/mol. The van der Waals surface area contributed by atoms with Crippen LogP contribution in [0.15, 0.2) is 0 Å². The fraction of sp³-hybridized carbons (Fsp3) is 0.818. The van der Waals surface area contributed by atoms with Gasteiger partial charge in [0, 0.05) is 12.6 Å². The maximum Gasteiger partial charge on any atom is 0.305 e. The molecule has 1 unspecified atom stereocenters. The van der Waals surface area contributed by atoms with E-state index in [0.717, 1.165) is 12.8 Å². The Balaban J connectivity index is 4.67. The minimum atomic E-state index is -1.10. The van der Waals surface area contributed by atoms with Crippen molar-refractivity contribution in [3.05, 3.63) is 0 Å². The molecule has 0 aromatic rings. The summed E-state index contributed by atoms with van der Waals surface area (Å²) in [5, 5.41) is 17.5. The third-order valence-corrected chi connectivity index (χ3v) is 2.72. The van der Waals surface area contributed by atoms with Gasteiger partial charge >= 0.3 is 5.97 Å². The number of aliphatic hydroxyl groups is 1. The first-order valence-electron chi connectivity index (χ1n) is 5.86. The van der Waals surface area contributed by atoms with Crippen LogP contribution in [0.3, 0.4) is 0 Å². The average molecular weight is 246 g/mol. The molecule has 0 aliphatic rings. The van der Waals surface area contributed by atoms with Crippen LogP contribution in [0.1, 0.15) is 33.1 Å². The van der Waals surface area contributed by atoms with E-state index in [1.165, 1.54) is 4.90 Å². The van der Waals surface area contributed by atoms with E-state index in [2.05, 4.69) is 0 Å². The molecule has 0 aliphatic heterocycles. The van der Waals surface area contributed by atoms with Crippen molar-refractivity contribution in [2.45, 2.75) is 45.2 Å². The van der Waals surface area contributed by atoms with Crippen molar-refractivity contribution in [3.8, 4) is 0 Å². The highest BCUT2D eigenvalue weighted by molar-refractivity contribution is 5.86. The van der Waals surface area contributed by atoms with E-state index in [1.807, 2.05) is 13.8 Å². The maximum atomic E-state index is 12.0. The predicted octanol–water partition coefficient (Wildman–Crippen LogP) is -0.202. The lowest BCUT2D eigenvalue weighted by molar-refractivity contribution is -0.143. The van der Waals surface area contributed by atoms with Gasteiger partial charge in [0.15, 0.2) is 0 Å². The second-order valence-electron chi connectivity index (χ2n) is 3.93. The van der Waals surface area contributed by atoms with Gasteiger partial charge in [0.05, 0.1) is 19.1 Å². The van der Waals surface area contributed by atoms with Crippen LogP contribution in [-0.4, -0.2) is 52.2 Å². The second-order valence-corrected chi connectivity index (χ2v) is 3.93. The zero-order chi connectivity index (χ0) is 13.4. The number of amides is 1. The number of hydrogen-bond donors (Lipinski definition) is 3. The summed E-state index contributed by atoms with van der Waals surface area (Å²) in [6.45, 7) is 3.92. The standard InChI is InChI=1S/C11H22N2O4/c1-3-8(4-2)13(5-6-14)11(17)9(12)7-10(15)16/h8-9,14H,3-7,12H2,1-2H3,(H,15,16). The van der Waals surface area contributed by atoms with E-state index in [1.54, 1.807) is 0 Å². The molecule has 0 aromatic carbocycles. The first kappa shape index (κ1) is 15.9. The molecule has 0 rings (SSSR count). The highest BCUT2D eigenvalue weighted by atomic mass is 16.4. The van der Waals surface area contributed by atoms with Crippen molar-refractivity contribution in [2.24, 2.45) is 5.73 Å². The van der Waals surface area contributed by atoms with Gasteiger partial charge in [-0.1, -0.05) is 13.8 Å². The Morgan fingerprint density at radius 2 is 1.82 bits per heavy atom. The van der Waals surface area contributed by atoms with Crippen LogP contribution in [-0.2, 0) is 9.59 Å². The summed E-state index contributed by atoms with van der Waals surface area (Å²) in [6.07, 6.45) is 1.12. The molecule has 4 N–H and O–H groups in total. The van der Waals surface area contributed by atoms with Crippen LogP contribution < -0.4 is 5.73 Å². The first-order valence-corrected chi connectivity index (χ1v) is 5.86. The van der Waals surface area contributed by atoms with Crippen molar-refractivity contribution in [2.75, 3.05) is 13.2 Å². The normalized spacial score (nSPS) is 12.5. The van der Waals surface area contributed by atoms with Crippen molar-refractivity contribution < 1.29 is 19.8 Å². The van der Waals surface area contributed by atoms with E-state index in [-0.39, 0.29) is 25.6 Å². The molecular formula is C11H22N2O4. The van der Waals surface area contributed by atoms with Crippen molar-refractivity contribution in [3.63, 3.8) is 0 Å². The Kier molecular flexibility index (Phi) is 7.49. The van der Waals surface area contributed by atoms with E-state index in [4.69, 9.17) is 15.9 Å². The topological polar surface area (TPSA) is 104 Å². The number of carbonyl (C=O) groups excluding carboxylic acids is 1. The number of carboxylic acid groups (broad SMARTS) is 1. The van der Waals surface area contributed by atoms with Crippen LogP contribution in [0, 0.1) is 0 Å². The van der Waals surface area contributed by atoms with Gasteiger partial charge < -0.3 is 20.8 Å². The molecular weight excluding hydrogens is 224 g/mol. The smallest absolute Gasteiger partial charge is 0.305 e. The van der Waals surface area contributed by atoms with Gasteiger partial charge in [-0.2, -0.15) is 0 Å². The molecule has 0 aliphatic carbocycles. The number of rotatable bonds is 8. The summed E-state index contributed by atoms with van der Waals surface area (Å²) < 4.78 is 0. The van der Waals surface area contributed by atoms with E-state index in [0.29, 0.717) is 0 Å². The van der Waals surface area contributed by atoms with Crippen molar-refractivity contribution in [1.82, 2.24) is 4.90 Å². The average Bonchev–Trinajstić information content (AvgIpc) is 2.27. The number of carboxylic acids is 1. The van der Waals surface area contributed by atoms with Gasteiger partial charge in [0.2, 0.25) is 5.91 Å². The quantitative estimate of drug-likeness (QED) is 0.550. The third-order valence-electron chi connectivity index (χ3n) is 2.72. The van der Waals surface area contributed by atoms with Gasteiger partial charge in [-0.3, -0.25) is 9.59 Å². The Hall–Kier alpha value is -1.14. The SMILES string of the molecule is CCC(CC)N(CCO)C(=O)C(N)CC(=O)O. The number of carbonyl (C=O) groups is 2. The van der Waals surface area contributed by atoms with Gasteiger partial charge in [-0.05, 0) is 12.8 Å². The van der Waals surface area contributed by atoms with Crippen LogP contribution in [0.25, 0.3) is 0 Å².